The van der Waals surface area contributed by atoms with Crippen molar-refractivity contribution in [1.82, 2.24) is 25.2 Å². The van der Waals surface area contributed by atoms with Gasteiger partial charge in [-0.25, -0.2) is 54.0 Å². The minimum atomic E-state index is -3.77. The van der Waals surface area contributed by atoms with Crippen molar-refractivity contribution in [2.24, 2.45) is 10.2 Å². The molecule has 6 aromatic carbocycles. The molecular weight excluding hydrogens is 1350 g/mol. The molecular formula is C73H65F4N9O13S2. The van der Waals surface area contributed by atoms with Crippen molar-refractivity contribution in [2.45, 2.75) is 59.5 Å². The number of halogens is 4. The summed E-state index contributed by atoms with van der Waals surface area (Å²) in [6.07, 6.45) is 1.87. The maximum Gasteiger partial charge on any atom is 0.452 e. The molecule has 101 heavy (non-hydrogen) atoms. The van der Waals surface area contributed by atoms with Gasteiger partial charge in [0.25, 0.3) is 11.8 Å². The zero-order valence-corrected chi connectivity index (χ0v) is 57.6. The summed E-state index contributed by atoms with van der Waals surface area (Å²) in [5, 5.41) is 22.7. The summed E-state index contributed by atoms with van der Waals surface area (Å²) in [5.74, 6) is -2.07. The highest BCUT2D eigenvalue weighted by Crippen LogP contribution is 2.46. The first kappa shape index (κ1) is 70.9. The minimum Gasteiger partial charge on any atom is -0.455 e. The fourth-order valence-electron chi connectivity index (χ4n) is 11.7. The number of nitrogens with one attached hydrogen (secondary N) is 2. The average Bonchev–Trinajstić information content (AvgIpc) is 1.61. The van der Waals surface area contributed by atoms with E-state index in [1.54, 1.807) is 88.4 Å². The van der Waals surface area contributed by atoms with Gasteiger partial charge in [0.15, 0.2) is 0 Å². The van der Waals surface area contributed by atoms with E-state index in [1.165, 1.54) is 94.9 Å². The molecule has 2 aliphatic rings. The Hall–Kier alpha value is -11.4. The van der Waals surface area contributed by atoms with Crippen LogP contribution in [0.4, 0.5) is 38.5 Å². The molecule has 6 heterocycles. The Bertz CT molecular complexity index is 5440. The fraction of sp³-hybridized carbons (Fsp3) is 0.205. The van der Waals surface area contributed by atoms with Crippen molar-refractivity contribution in [3.8, 4) is 56.6 Å². The molecule has 5 aromatic heterocycles. The van der Waals surface area contributed by atoms with Gasteiger partial charge in [0, 0.05) is 96.3 Å². The SMILES string of the molecule is CC(C)OC(=O)N=NC(=O)OC(C)C.CNC(=O)c1c(-c2ccc(F)cc2)oc2cc(N(C)S(C)(=O)=O)c(-c3ccc(CO)c(C4=Cc5c(F)cccc5C4)n3)cc12.CNC(=O)c1c(-c2ccc(F)cc2)oc2cc(N(C)S(C)(=O)=O)c(-c3ccc4c(n3)-c3cc5c(F)cccc5n3C4)cc12. The molecule has 22 nitrogen and oxygen atoms in total. The molecule has 0 spiro atoms. The summed E-state index contributed by atoms with van der Waals surface area (Å²) in [7, 11) is -1.70. The van der Waals surface area contributed by atoms with E-state index in [1.807, 2.05) is 22.8 Å². The summed E-state index contributed by atoms with van der Waals surface area (Å²) in [6.45, 7) is 6.86. The number of sulfonamides is 2. The molecule has 13 rings (SSSR count). The third kappa shape index (κ3) is 14.6. The Labute approximate surface area is 576 Å². The lowest BCUT2D eigenvalue weighted by Gasteiger charge is -2.21. The zero-order valence-electron chi connectivity index (χ0n) is 55.9. The van der Waals surface area contributed by atoms with E-state index in [9.17, 15) is 58.7 Å². The van der Waals surface area contributed by atoms with Crippen molar-refractivity contribution in [3.05, 3.63) is 202 Å². The van der Waals surface area contributed by atoms with Crippen molar-refractivity contribution in [2.75, 3.05) is 49.3 Å². The lowest BCUT2D eigenvalue weighted by molar-refractivity contribution is 0.0956. The summed E-state index contributed by atoms with van der Waals surface area (Å²) >= 11 is 0. The number of furan rings is 2. The molecule has 28 heteroatoms. The Morgan fingerprint density at radius 1 is 0.604 bits per heavy atom. The van der Waals surface area contributed by atoms with Gasteiger partial charge >= 0.3 is 12.2 Å². The Kier molecular flexibility index (Phi) is 20.0. The molecule has 1 aliphatic carbocycles. The largest absolute Gasteiger partial charge is 0.455 e. The van der Waals surface area contributed by atoms with Gasteiger partial charge in [-0.3, -0.25) is 18.2 Å². The molecule has 3 N–H and O–H groups in total. The number of pyridine rings is 2. The number of carbonyl (C=O) groups excluding carboxylic acids is 4. The van der Waals surface area contributed by atoms with Crippen molar-refractivity contribution >= 4 is 99.9 Å². The number of fused-ring (bicyclic) bond motifs is 8. The summed E-state index contributed by atoms with van der Waals surface area (Å²) < 4.78 is 133. The molecule has 0 saturated carbocycles. The quantitative estimate of drug-likeness (QED) is 0.0674. The summed E-state index contributed by atoms with van der Waals surface area (Å²) in [6, 6.07) is 36.1. The molecule has 0 saturated heterocycles. The first-order valence-corrected chi connectivity index (χ1v) is 34.9. The number of aromatic nitrogens is 3. The van der Waals surface area contributed by atoms with E-state index < -0.39 is 55.7 Å². The van der Waals surface area contributed by atoms with Crippen LogP contribution in [0, 0.1) is 23.3 Å². The number of aliphatic hydroxyl groups excluding tert-OH is 1. The number of anilines is 2. The number of carbonyl (C=O) groups is 4. The molecule has 0 radical (unpaired) electrons. The van der Waals surface area contributed by atoms with Crippen LogP contribution in [-0.2, 0) is 49.1 Å². The molecule has 0 atom stereocenters. The molecule has 11 aromatic rings. The van der Waals surface area contributed by atoms with Gasteiger partial charge < -0.3 is 38.6 Å². The number of hydrogen-bond donors (Lipinski definition) is 3. The maximum absolute atomic E-state index is 14.6. The van der Waals surface area contributed by atoms with Gasteiger partial charge in [-0.1, -0.05) is 40.6 Å². The molecule has 0 unspecified atom stereocenters. The number of benzene rings is 6. The van der Waals surface area contributed by atoms with Crippen molar-refractivity contribution < 1.29 is 77.0 Å². The van der Waals surface area contributed by atoms with Crippen LogP contribution in [0.25, 0.3) is 101 Å². The second kappa shape index (κ2) is 28.5. The predicted molar refractivity (Wildman–Crippen MR) is 375 cm³/mol. The highest BCUT2D eigenvalue weighted by molar-refractivity contribution is 7.92. The van der Waals surface area contributed by atoms with Crippen LogP contribution in [-0.4, -0.2) is 113 Å². The van der Waals surface area contributed by atoms with Gasteiger partial charge in [0.1, 0.15) is 46.0 Å². The van der Waals surface area contributed by atoms with Gasteiger partial charge in [-0.2, -0.15) is 0 Å². The molecule has 4 amide bonds. The fourth-order valence-corrected chi connectivity index (χ4v) is 12.7. The summed E-state index contributed by atoms with van der Waals surface area (Å²) in [5.41, 5.74) is 9.99. The third-order valence-electron chi connectivity index (χ3n) is 16.6. The van der Waals surface area contributed by atoms with Crippen LogP contribution in [0.5, 0.6) is 0 Å². The first-order valence-electron chi connectivity index (χ1n) is 31.2. The lowest BCUT2D eigenvalue weighted by Crippen LogP contribution is -2.25. The zero-order chi connectivity index (χ0) is 72.7. The van der Waals surface area contributed by atoms with Gasteiger partial charge in [-0.15, -0.1) is 0 Å². The number of rotatable bonds is 14. The molecule has 0 bridgehead atoms. The number of hydrogen-bond acceptors (Lipinski definition) is 15. The van der Waals surface area contributed by atoms with E-state index >= 15 is 0 Å². The second-order valence-corrected chi connectivity index (χ2v) is 28.1. The number of azo groups is 1. The molecule has 520 valence electrons. The topological polar surface area (TPSA) is 288 Å². The summed E-state index contributed by atoms with van der Waals surface area (Å²) in [4.78, 5) is 57.7. The van der Waals surface area contributed by atoms with Gasteiger partial charge in [0.2, 0.25) is 20.0 Å². The van der Waals surface area contributed by atoms with Gasteiger partial charge in [-0.05, 0) is 148 Å². The van der Waals surface area contributed by atoms with Crippen LogP contribution in [0.15, 0.2) is 159 Å². The van der Waals surface area contributed by atoms with E-state index in [0.717, 1.165) is 43.5 Å². The van der Waals surface area contributed by atoms with E-state index in [-0.39, 0.29) is 75.6 Å². The predicted octanol–water partition coefficient (Wildman–Crippen LogP) is 14.5. The Morgan fingerprint density at radius 3 is 1.54 bits per heavy atom. The van der Waals surface area contributed by atoms with Crippen LogP contribution in [0.3, 0.4) is 0 Å². The van der Waals surface area contributed by atoms with Crippen molar-refractivity contribution in [1.29, 1.82) is 0 Å². The average molecular weight is 1420 g/mol. The molecule has 1 aliphatic heterocycles. The third-order valence-corrected chi connectivity index (χ3v) is 19.0. The van der Waals surface area contributed by atoms with Crippen LogP contribution >= 0.6 is 0 Å². The number of ether oxygens (including phenoxy) is 2. The highest BCUT2D eigenvalue weighted by Gasteiger charge is 2.31. The lowest BCUT2D eigenvalue weighted by atomic mass is 9.99. The highest BCUT2D eigenvalue weighted by atomic mass is 32.2. The Balaban J connectivity index is 0.000000171. The van der Waals surface area contributed by atoms with E-state index in [4.69, 9.17) is 18.8 Å². The molecule has 0 fully saturated rings. The number of amides is 4. The maximum atomic E-state index is 14.6. The second-order valence-electron chi connectivity index (χ2n) is 24.1. The Morgan fingerprint density at radius 2 is 1.08 bits per heavy atom. The van der Waals surface area contributed by atoms with Crippen LogP contribution in [0.2, 0.25) is 0 Å². The van der Waals surface area contributed by atoms with E-state index in [0.29, 0.717) is 90.9 Å². The monoisotopic (exact) mass is 1420 g/mol. The number of nitrogens with zero attached hydrogens (tertiary/aromatic N) is 7. The normalized spacial score (nSPS) is 12.4. The van der Waals surface area contributed by atoms with Crippen LogP contribution in [0.1, 0.15) is 76.4 Å². The standard InChI is InChI=1S/C33H27F2N3O5S.C32H24F2N4O4S.C8H14N2O4/c1-36-33(40)30-25-15-24(27-12-9-20(17-39)31(37-27)21-13-19-5-4-6-26(35)23(19)14-21)28(38(2)44(3,41)42)16-29(25)43-32(30)18-7-10-22(34)11-8-18;1-35-32(39)29-22-13-21(24-12-9-18-16-38-25-6-4-5-23(34)20(25)14-27(38)30(18)36-24)26(37(2)43(3,40)41)15-28(22)42-31(29)17-7-10-19(33)11-8-17;1-5(2)13-7(11)9-10-8(12)14-6(3)4/h4-12,14-16,39H,13,17H2,1-3H3,(H,36,40);4-15H,16H2,1-3H3,(H,35,39);5-6H,1-4H3. The van der Waals surface area contributed by atoms with E-state index in [2.05, 4.69) is 30.3 Å². The first-order chi connectivity index (χ1) is 48.0. The smallest absolute Gasteiger partial charge is 0.452 e. The van der Waals surface area contributed by atoms with Crippen molar-refractivity contribution in [3.63, 3.8) is 0 Å². The number of aliphatic hydroxyl groups is 1. The van der Waals surface area contributed by atoms with Crippen LogP contribution < -0.4 is 19.2 Å². The minimum absolute atomic E-state index is 0.181. The number of allylic oxidation sites excluding steroid dienone is 1. The van der Waals surface area contributed by atoms with Gasteiger partial charge in [0.05, 0.1) is 94.4 Å².